The molecule has 2 aromatic rings. The van der Waals surface area contributed by atoms with E-state index in [-0.39, 0.29) is 24.2 Å². The second kappa shape index (κ2) is 10.5. The molecule has 0 aliphatic carbocycles. The Bertz CT molecular complexity index is 823. The number of rotatable bonds is 9. The second-order valence-electron chi connectivity index (χ2n) is 6.01. The van der Waals surface area contributed by atoms with E-state index < -0.39 is 11.9 Å². The third kappa shape index (κ3) is 6.69. The first-order chi connectivity index (χ1) is 13.4. The lowest BCUT2D eigenvalue weighted by molar-refractivity contribution is -0.117. The fourth-order valence-electron chi connectivity index (χ4n) is 2.11. The van der Waals surface area contributed by atoms with Crippen molar-refractivity contribution in [1.82, 2.24) is 25.4 Å². The number of imide groups is 1. The van der Waals surface area contributed by atoms with Crippen LogP contribution in [0.4, 0.5) is 9.18 Å². The molecule has 1 heterocycles. The van der Waals surface area contributed by atoms with E-state index >= 15 is 0 Å². The summed E-state index contributed by atoms with van der Waals surface area (Å²) in [5.74, 6) is 0.241. The first kappa shape index (κ1) is 21.4. The summed E-state index contributed by atoms with van der Waals surface area (Å²) in [5.41, 5.74) is 0. The number of benzene rings is 1. The van der Waals surface area contributed by atoms with Crippen LogP contribution in [0.2, 0.25) is 0 Å². The van der Waals surface area contributed by atoms with Gasteiger partial charge in [-0.25, -0.2) is 9.18 Å². The predicted molar refractivity (Wildman–Crippen MR) is 103 cm³/mol. The molecular weight excluding hydrogens is 385 g/mol. The number of amides is 3. The topological polar surface area (TPSA) is 98.1 Å². The molecule has 0 radical (unpaired) electrons. The van der Waals surface area contributed by atoms with Crippen molar-refractivity contribution in [3.63, 3.8) is 0 Å². The number of thioether (sulfide) groups is 1. The molecule has 1 aromatic heterocycles. The van der Waals surface area contributed by atoms with Crippen molar-refractivity contribution >= 4 is 23.7 Å². The van der Waals surface area contributed by atoms with Gasteiger partial charge in [-0.05, 0) is 38.1 Å². The molecule has 0 saturated heterocycles. The van der Waals surface area contributed by atoms with Crippen LogP contribution in [0, 0.1) is 5.82 Å². The minimum absolute atomic E-state index is 0.000386. The predicted octanol–water partition coefficient (Wildman–Crippen LogP) is 2.51. The summed E-state index contributed by atoms with van der Waals surface area (Å²) < 4.78 is 20.3. The van der Waals surface area contributed by atoms with Gasteiger partial charge in [0.15, 0.2) is 11.0 Å². The highest BCUT2D eigenvalue weighted by molar-refractivity contribution is 7.99. The molecule has 1 aromatic carbocycles. The van der Waals surface area contributed by atoms with E-state index in [4.69, 9.17) is 4.74 Å². The Kier molecular flexibility index (Phi) is 8.00. The monoisotopic (exact) mass is 407 g/mol. The summed E-state index contributed by atoms with van der Waals surface area (Å²) >= 11 is 1.14. The van der Waals surface area contributed by atoms with Crippen LogP contribution in [0.5, 0.6) is 5.75 Å². The molecule has 0 aliphatic rings. The Labute approximate surface area is 166 Å². The maximum Gasteiger partial charge on any atom is 0.321 e. The van der Waals surface area contributed by atoms with Crippen LogP contribution in [0.25, 0.3) is 0 Å². The summed E-state index contributed by atoms with van der Waals surface area (Å²) in [6, 6.07) is 5.04. The minimum atomic E-state index is -0.540. The van der Waals surface area contributed by atoms with Gasteiger partial charge in [-0.15, -0.1) is 16.8 Å². The molecule has 2 rings (SSSR count). The molecule has 0 saturated carbocycles. The first-order valence-corrected chi connectivity index (χ1v) is 9.52. The zero-order valence-electron chi connectivity index (χ0n) is 15.6. The average molecular weight is 407 g/mol. The molecule has 0 atom stereocenters. The third-order valence-corrected chi connectivity index (χ3v) is 4.26. The van der Waals surface area contributed by atoms with Crippen LogP contribution in [-0.4, -0.2) is 38.5 Å². The zero-order chi connectivity index (χ0) is 20.5. The van der Waals surface area contributed by atoms with E-state index in [0.717, 1.165) is 11.8 Å². The van der Waals surface area contributed by atoms with Gasteiger partial charge < -0.3 is 10.1 Å². The molecule has 3 amide bonds. The van der Waals surface area contributed by atoms with Crippen molar-refractivity contribution in [1.29, 1.82) is 0 Å². The Morgan fingerprint density at radius 3 is 2.68 bits per heavy atom. The first-order valence-electron chi connectivity index (χ1n) is 8.53. The van der Waals surface area contributed by atoms with E-state index in [9.17, 15) is 14.0 Å². The summed E-state index contributed by atoms with van der Waals surface area (Å²) in [5, 5.41) is 13.5. The molecule has 0 spiro atoms. The van der Waals surface area contributed by atoms with E-state index in [2.05, 4.69) is 27.4 Å². The van der Waals surface area contributed by atoms with E-state index in [0.29, 0.717) is 23.3 Å². The summed E-state index contributed by atoms with van der Waals surface area (Å²) in [7, 11) is 0. The average Bonchev–Trinajstić information content (AvgIpc) is 3.01. The highest BCUT2D eigenvalue weighted by Crippen LogP contribution is 2.19. The Balaban J connectivity index is 1.95. The Morgan fingerprint density at radius 1 is 1.32 bits per heavy atom. The fraction of sp³-hybridized carbons (Fsp3) is 0.333. The number of hydrogen-bond acceptors (Lipinski definition) is 6. The Morgan fingerprint density at radius 2 is 2.04 bits per heavy atom. The largest absolute Gasteiger partial charge is 0.486 e. The lowest BCUT2D eigenvalue weighted by Gasteiger charge is -2.10. The van der Waals surface area contributed by atoms with Crippen LogP contribution in [0.1, 0.15) is 19.7 Å². The molecular formula is C18H22FN5O3S. The summed E-state index contributed by atoms with van der Waals surface area (Å²) in [4.78, 5) is 23.4. The smallest absolute Gasteiger partial charge is 0.321 e. The number of carbonyl (C=O) groups is 2. The van der Waals surface area contributed by atoms with Gasteiger partial charge in [-0.1, -0.05) is 17.8 Å². The van der Waals surface area contributed by atoms with Crippen molar-refractivity contribution in [3.05, 3.63) is 48.6 Å². The minimum Gasteiger partial charge on any atom is -0.486 e. The van der Waals surface area contributed by atoms with Gasteiger partial charge in [0.25, 0.3) is 0 Å². The van der Waals surface area contributed by atoms with Gasteiger partial charge in [0.2, 0.25) is 5.91 Å². The molecule has 10 heteroatoms. The number of carbonyl (C=O) groups excluding carboxylic acids is 2. The maximum atomic E-state index is 13.0. The summed E-state index contributed by atoms with van der Waals surface area (Å²) in [6.45, 7) is 7.85. The van der Waals surface area contributed by atoms with Crippen LogP contribution < -0.4 is 15.4 Å². The highest BCUT2D eigenvalue weighted by atomic mass is 32.2. The van der Waals surface area contributed by atoms with Crippen LogP contribution in [-0.2, 0) is 17.9 Å². The van der Waals surface area contributed by atoms with Gasteiger partial charge >= 0.3 is 6.03 Å². The standard InChI is InChI=1S/C18H22FN5O3S/c1-4-9-24-15(10-27-14-7-5-13(19)6-8-14)22-23-18(24)28-11-16(25)21-17(26)20-12(2)3/h4-8,12H,1,9-11H2,2-3H3,(H2,20,21,25,26). The number of nitrogens with one attached hydrogen (secondary N) is 2. The normalized spacial score (nSPS) is 10.6. The van der Waals surface area contributed by atoms with Gasteiger partial charge in [-0.2, -0.15) is 0 Å². The van der Waals surface area contributed by atoms with Crippen molar-refractivity contribution in [3.8, 4) is 5.75 Å². The number of ether oxygens (including phenoxy) is 1. The number of nitrogens with zero attached hydrogens (tertiary/aromatic N) is 3. The fourth-order valence-corrected chi connectivity index (χ4v) is 2.88. The highest BCUT2D eigenvalue weighted by Gasteiger charge is 2.15. The van der Waals surface area contributed by atoms with E-state index in [1.54, 1.807) is 24.5 Å². The van der Waals surface area contributed by atoms with Gasteiger partial charge in [-0.3, -0.25) is 14.7 Å². The zero-order valence-corrected chi connectivity index (χ0v) is 16.5. The second-order valence-corrected chi connectivity index (χ2v) is 6.95. The van der Waals surface area contributed by atoms with Crippen molar-refractivity contribution < 1.29 is 18.7 Å². The summed E-state index contributed by atoms with van der Waals surface area (Å²) in [6.07, 6.45) is 1.67. The Hall–Kier alpha value is -2.88. The number of urea groups is 1. The van der Waals surface area contributed by atoms with Crippen LogP contribution in [0.15, 0.2) is 42.1 Å². The van der Waals surface area contributed by atoms with Crippen molar-refractivity contribution in [2.75, 3.05) is 5.75 Å². The molecule has 0 bridgehead atoms. The third-order valence-electron chi connectivity index (χ3n) is 3.29. The molecule has 8 nitrogen and oxygen atoms in total. The SMILES string of the molecule is C=CCn1c(COc2ccc(F)cc2)nnc1SCC(=O)NC(=O)NC(C)C. The molecule has 2 N–H and O–H groups in total. The number of aromatic nitrogens is 3. The quantitative estimate of drug-likeness (QED) is 0.490. The molecule has 0 aliphatic heterocycles. The number of hydrogen-bond donors (Lipinski definition) is 2. The molecule has 0 unspecified atom stereocenters. The molecule has 150 valence electrons. The lowest BCUT2D eigenvalue weighted by atomic mass is 10.3. The van der Waals surface area contributed by atoms with Gasteiger partial charge in [0, 0.05) is 12.6 Å². The lowest BCUT2D eigenvalue weighted by Crippen LogP contribution is -2.43. The van der Waals surface area contributed by atoms with Gasteiger partial charge in [0.1, 0.15) is 18.2 Å². The number of halogens is 1. The maximum absolute atomic E-state index is 13.0. The number of allylic oxidation sites excluding steroid dienone is 1. The van der Waals surface area contributed by atoms with Crippen LogP contribution in [0.3, 0.4) is 0 Å². The molecule has 28 heavy (non-hydrogen) atoms. The van der Waals surface area contributed by atoms with Crippen molar-refractivity contribution in [2.24, 2.45) is 0 Å². The van der Waals surface area contributed by atoms with Crippen molar-refractivity contribution in [2.45, 2.75) is 38.2 Å². The van der Waals surface area contributed by atoms with E-state index in [1.165, 1.54) is 24.3 Å². The van der Waals surface area contributed by atoms with Gasteiger partial charge in [0.05, 0.1) is 5.75 Å². The van der Waals surface area contributed by atoms with E-state index in [1.807, 2.05) is 0 Å². The molecule has 0 fully saturated rings. The van der Waals surface area contributed by atoms with Crippen LogP contribution >= 0.6 is 11.8 Å².